The Morgan fingerprint density at radius 3 is 2.60 bits per heavy atom. The molecule has 1 aromatic carbocycles. The Hall–Kier alpha value is -1.36. The minimum Gasteiger partial charge on any atom is -0.478 e. The summed E-state index contributed by atoms with van der Waals surface area (Å²) in [4.78, 5) is 22.7. The summed E-state index contributed by atoms with van der Waals surface area (Å²) in [6.45, 7) is 1.94. The fourth-order valence-corrected chi connectivity index (χ4v) is 2.31. The summed E-state index contributed by atoms with van der Waals surface area (Å²) in [5, 5.41) is 12.8. The van der Waals surface area contributed by atoms with E-state index in [0.717, 1.165) is 30.2 Å². The smallest absolute Gasteiger partial charge is 0.335 e. The number of carbonyl (C=O) groups excluding carboxylic acids is 1. The van der Waals surface area contributed by atoms with Crippen molar-refractivity contribution < 1.29 is 14.7 Å². The van der Waals surface area contributed by atoms with E-state index in [0.29, 0.717) is 18.5 Å². The number of aryl methyl sites for hydroxylation is 1. The molecule has 110 valence electrons. The molecule has 2 N–H and O–H groups in total. The lowest BCUT2D eigenvalue weighted by molar-refractivity contribution is -0.116. The van der Waals surface area contributed by atoms with Gasteiger partial charge in [0.1, 0.15) is 0 Å². The Labute approximate surface area is 127 Å². The first-order valence-electron chi connectivity index (χ1n) is 6.80. The molecule has 0 aliphatic heterocycles. The van der Waals surface area contributed by atoms with Gasteiger partial charge in [0, 0.05) is 17.4 Å². The van der Waals surface area contributed by atoms with E-state index in [-0.39, 0.29) is 11.5 Å². The van der Waals surface area contributed by atoms with Crippen molar-refractivity contribution >= 4 is 33.5 Å². The van der Waals surface area contributed by atoms with Crippen LogP contribution in [-0.2, 0) is 11.2 Å². The van der Waals surface area contributed by atoms with Crippen LogP contribution in [0.1, 0.15) is 48.5 Å². The summed E-state index contributed by atoms with van der Waals surface area (Å²) >= 11 is 3.36. The SMILES string of the molecule is CCc1cc(C(=O)O)ccc1NC(=O)CCCCCBr. The minimum absolute atomic E-state index is 0.0163. The number of hydrogen-bond acceptors (Lipinski definition) is 2. The number of benzene rings is 1. The molecule has 1 amide bonds. The van der Waals surface area contributed by atoms with Crippen LogP contribution in [0.4, 0.5) is 5.69 Å². The van der Waals surface area contributed by atoms with Crippen LogP contribution in [0.3, 0.4) is 0 Å². The van der Waals surface area contributed by atoms with Crippen LogP contribution in [-0.4, -0.2) is 22.3 Å². The van der Waals surface area contributed by atoms with Crippen LogP contribution in [0.2, 0.25) is 0 Å². The molecule has 0 spiro atoms. The molecule has 20 heavy (non-hydrogen) atoms. The number of rotatable bonds is 8. The number of anilines is 1. The van der Waals surface area contributed by atoms with Gasteiger partial charge in [0.05, 0.1) is 5.56 Å². The van der Waals surface area contributed by atoms with E-state index >= 15 is 0 Å². The minimum atomic E-state index is -0.952. The molecule has 0 aromatic heterocycles. The molecule has 0 radical (unpaired) electrons. The lowest BCUT2D eigenvalue weighted by Gasteiger charge is -2.10. The summed E-state index contributed by atoms with van der Waals surface area (Å²) in [5.41, 5.74) is 1.80. The average Bonchev–Trinajstić information content (AvgIpc) is 2.43. The van der Waals surface area contributed by atoms with Gasteiger partial charge in [-0.3, -0.25) is 4.79 Å². The van der Waals surface area contributed by atoms with Gasteiger partial charge in [-0.2, -0.15) is 0 Å². The van der Waals surface area contributed by atoms with Gasteiger partial charge >= 0.3 is 5.97 Å². The van der Waals surface area contributed by atoms with Crippen molar-refractivity contribution in [2.24, 2.45) is 0 Å². The molecule has 0 aliphatic carbocycles. The third-order valence-corrected chi connectivity index (χ3v) is 3.61. The second kappa shape index (κ2) is 8.74. The van der Waals surface area contributed by atoms with E-state index in [2.05, 4.69) is 21.2 Å². The van der Waals surface area contributed by atoms with Gasteiger partial charge in [-0.25, -0.2) is 4.79 Å². The van der Waals surface area contributed by atoms with Crippen LogP contribution in [0, 0.1) is 0 Å². The first kappa shape index (κ1) is 16.7. The summed E-state index contributed by atoms with van der Waals surface area (Å²) in [5.74, 6) is -0.968. The predicted molar refractivity (Wildman–Crippen MR) is 83.7 cm³/mol. The Bertz CT molecular complexity index is 474. The summed E-state index contributed by atoms with van der Waals surface area (Å²) in [6, 6.07) is 4.80. The number of halogens is 1. The van der Waals surface area contributed by atoms with Crippen LogP contribution in [0.5, 0.6) is 0 Å². The van der Waals surface area contributed by atoms with E-state index in [4.69, 9.17) is 5.11 Å². The Balaban J connectivity index is 2.62. The fraction of sp³-hybridized carbons (Fsp3) is 0.467. The lowest BCUT2D eigenvalue weighted by atomic mass is 10.1. The van der Waals surface area contributed by atoms with Crippen LogP contribution in [0.25, 0.3) is 0 Å². The average molecular weight is 342 g/mol. The second-order valence-electron chi connectivity index (χ2n) is 4.58. The van der Waals surface area contributed by atoms with Crippen molar-refractivity contribution in [3.05, 3.63) is 29.3 Å². The van der Waals surface area contributed by atoms with Crippen molar-refractivity contribution in [2.75, 3.05) is 10.6 Å². The number of carboxylic acids is 1. The zero-order chi connectivity index (χ0) is 15.0. The monoisotopic (exact) mass is 341 g/mol. The topological polar surface area (TPSA) is 66.4 Å². The molecule has 0 unspecified atom stereocenters. The first-order chi connectivity index (χ1) is 9.58. The van der Waals surface area contributed by atoms with Gasteiger partial charge in [-0.15, -0.1) is 0 Å². The standard InChI is InChI=1S/C15H20BrNO3/c1-2-11-10-12(15(19)20)7-8-13(11)17-14(18)6-4-3-5-9-16/h7-8,10H,2-6,9H2,1H3,(H,17,18)(H,19,20). The van der Waals surface area contributed by atoms with Crippen molar-refractivity contribution in [1.29, 1.82) is 0 Å². The third-order valence-electron chi connectivity index (χ3n) is 3.04. The number of carboxylic acid groups (broad SMARTS) is 1. The summed E-state index contributed by atoms with van der Waals surface area (Å²) in [7, 11) is 0. The predicted octanol–water partition coefficient (Wildman–Crippen LogP) is 3.84. The van der Waals surface area contributed by atoms with Crippen LogP contribution in [0.15, 0.2) is 18.2 Å². The van der Waals surface area contributed by atoms with Crippen molar-refractivity contribution in [3.8, 4) is 0 Å². The number of alkyl halides is 1. The number of unbranched alkanes of at least 4 members (excludes halogenated alkanes) is 2. The van der Waals surface area contributed by atoms with Crippen LogP contribution >= 0.6 is 15.9 Å². The molecule has 0 heterocycles. The Kier molecular flexibility index (Phi) is 7.30. The highest BCUT2D eigenvalue weighted by molar-refractivity contribution is 9.09. The van der Waals surface area contributed by atoms with Gasteiger partial charge in [0.25, 0.3) is 0 Å². The van der Waals surface area contributed by atoms with Gasteiger partial charge < -0.3 is 10.4 Å². The number of hydrogen-bond donors (Lipinski definition) is 2. The normalized spacial score (nSPS) is 10.3. The summed E-state index contributed by atoms with van der Waals surface area (Å²) < 4.78 is 0. The summed E-state index contributed by atoms with van der Waals surface area (Å²) in [6.07, 6.45) is 4.14. The highest BCUT2D eigenvalue weighted by atomic mass is 79.9. The Morgan fingerprint density at radius 1 is 1.25 bits per heavy atom. The molecular weight excluding hydrogens is 322 g/mol. The zero-order valence-corrected chi connectivity index (χ0v) is 13.2. The molecule has 0 bridgehead atoms. The van der Waals surface area contributed by atoms with Gasteiger partial charge in [0.2, 0.25) is 5.91 Å². The van der Waals surface area contributed by atoms with E-state index < -0.39 is 5.97 Å². The number of aromatic carboxylic acids is 1. The Morgan fingerprint density at radius 2 is 2.00 bits per heavy atom. The van der Waals surface area contributed by atoms with E-state index in [1.165, 1.54) is 6.07 Å². The molecule has 0 aliphatic rings. The van der Waals surface area contributed by atoms with Crippen LogP contribution < -0.4 is 5.32 Å². The largest absolute Gasteiger partial charge is 0.478 e. The maximum absolute atomic E-state index is 11.8. The van der Waals surface area contributed by atoms with Crippen molar-refractivity contribution in [1.82, 2.24) is 0 Å². The van der Waals surface area contributed by atoms with Gasteiger partial charge in [-0.05, 0) is 43.0 Å². The molecule has 1 aromatic rings. The fourth-order valence-electron chi connectivity index (χ4n) is 1.91. The third kappa shape index (κ3) is 5.33. The maximum Gasteiger partial charge on any atom is 0.335 e. The van der Waals surface area contributed by atoms with E-state index in [1.807, 2.05) is 6.92 Å². The molecule has 0 atom stereocenters. The number of amides is 1. The molecule has 4 nitrogen and oxygen atoms in total. The quantitative estimate of drug-likeness (QED) is 0.557. The highest BCUT2D eigenvalue weighted by Gasteiger charge is 2.09. The molecular formula is C15H20BrNO3. The van der Waals surface area contributed by atoms with E-state index in [9.17, 15) is 9.59 Å². The number of carbonyl (C=O) groups is 2. The van der Waals surface area contributed by atoms with Gasteiger partial charge in [-0.1, -0.05) is 29.3 Å². The molecule has 0 saturated carbocycles. The molecule has 0 saturated heterocycles. The molecule has 1 rings (SSSR count). The van der Waals surface area contributed by atoms with E-state index in [1.54, 1.807) is 12.1 Å². The number of nitrogens with one attached hydrogen (secondary N) is 1. The lowest BCUT2D eigenvalue weighted by Crippen LogP contribution is -2.13. The highest BCUT2D eigenvalue weighted by Crippen LogP contribution is 2.19. The molecule has 0 fully saturated rings. The first-order valence-corrected chi connectivity index (χ1v) is 7.92. The van der Waals surface area contributed by atoms with Gasteiger partial charge in [0.15, 0.2) is 0 Å². The molecule has 5 heteroatoms. The zero-order valence-electron chi connectivity index (χ0n) is 11.6. The van der Waals surface area contributed by atoms with Crippen molar-refractivity contribution in [2.45, 2.75) is 39.0 Å². The second-order valence-corrected chi connectivity index (χ2v) is 5.37. The maximum atomic E-state index is 11.8. The van der Waals surface area contributed by atoms with Crippen molar-refractivity contribution in [3.63, 3.8) is 0 Å².